The van der Waals surface area contributed by atoms with Gasteiger partial charge in [-0.3, -0.25) is 9.59 Å². The molecule has 6 nitrogen and oxygen atoms in total. The number of anilines is 1. The van der Waals surface area contributed by atoms with E-state index >= 15 is 0 Å². The van der Waals surface area contributed by atoms with Crippen molar-refractivity contribution in [3.05, 3.63) is 65.0 Å². The first kappa shape index (κ1) is 22.0. The van der Waals surface area contributed by atoms with Crippen LogP contribution >= 0.6 is 11.3 Å². The molecule has 7 heteroatoms. The second-order valence-corrected chi connectivity index (χ2v) is 9.26. The smallest absolute Gasteiger partial charge is 0.236 e. The lowest BCUT2D eigenvalue weighted by molar-refractivity contribution is -0.133. The van der Waals surface area contributed by atoms with Gasteiger partial charge in [0.15, 0.2) is 5.13 Å². The first-order valence-corrected chi connectivity index (χ1v) is 11.5. The number of hydrogen-bond donors (Lipinski definition) is 1. The third-order valence-corrected chi connectivity index (χ3v) is 7.09. The summed E-state index contributed by atoms with van der Waals surface area (Å²) in [4.78, 5) is 33.0. The molecule has 0 unspecified atom stereocenters. The van der Waals surface area contributed by atoms with Gasteiger partial charge in [0.05, 0.1) is 18.2 Å². The molecule has 1 aromatic heterocycles. The van der Waals surface area contributed by atoms with Gasteiger partial charge in [0.2, 0.25) is 11.8 Å². The fourth-order valence-electron chi connectivity index (χ4n) is 4.29. The van der Waals surface area contributed by atoms with Gasteiger partial charge in [-0.2, -0.15) is 0 Å². The Hall–Kier alpha value is -3.19. The summed E-state index contributed by atoms with van der Waals surface area (Å²) in [5.41, 5.74) is 2.12. The largest absolute Gasteiger partial charge is 0.497 e. The molecule has 3 aromatic rings. The highest BCUT2D eigenvalue weighted by Gasteiger charge is 2.43. The summed E-state index contributed by atoms with van der Waals surface area (Å²) >= 11 is 1.47. The number of ether oxygens (including phenoxy) is 1. The standard InChI is InChI=1S/C25H27N3O3S/c1-17-22(19-9-11-21(31-3)12-10-19)26-24(32-17)27-23(30)25(20-7-5-4-6-8-20)13-15-28(16-14-25)18(2)29/h4-12H,13-16H2,1-3H3,(H,26,27,30). The highest BCUT2D eigenvalue weighted by Crippen LogP contribution is 2.38. The lowest BCUT2D eigenvalue weighted by atomic mass is 9.72. The number of aryl methyl sites for hydroxylation is 1. The molecule has 2 aromatic carbocycles. The molecule has 32 heavy (non-hydrogen) atoms. The van der Waals surface area contributed by atoms with Crippen LogP contribution in [-0.4, -0.2) is 41.9 Å². The van der Waals surface area contributed by atoms with Crippen LogP contribution in [0.25, 0.3) is 11.3 Å². The molecule has 0 bridgehead atoms. The summed E-state index contributed by atoms with van der Waals surface area (Å²) in [6.45, 7) is 4.71. The SMILES string of the molecule is COc1ccc(-c2nc(NC(=O)C3(c4ccccc4)CCN(C(C)=O)CC3)sc2C)cc1. The number of nitrogens with one attached hydrogen (secondary N) is 1. The Kier molecular flexibility index (Phi) is 6.28. The van der Waals surface area contributed by atoms with Crippen LogP contribution in [-0.2, 0) is 15.0 Å². The van der Waals surface area contributed by atoms with Gasteiger partial charge in [-0.05, 0) is 49.6 Å². The van der Waals surface area contributed by atoms with Crippen LogP contribution in [0.2, 0.25) is 0 Å². The minimum atomic E-state index is -0.687. The summed E-state index contributed by atoms with van der Waals surface area (Å²) in [7, 11) is 1.64. The third-order valence-electron chi connectivity index (χ3n) is 6.20. The van der Waals surface area contributed by atoms with E-state index < -0.39 is 5.41 Å². The summed E-state index contributed by atoms with van der Waals surface area (Å²) in [6, 6.07) is 17.6. The average Bonchev–Trinajstić information content (AvgIpc) is 3.19. The average molecular weight is 450 g/mol. The number of carbonyl (C=O) groups excluding carboxylic acids is 2. The van der Waals surface area contributed by atoms with Crippen molar-refractivity contribution in [1.82, 2.24) is 9.88 Å². The van der Waals surface area contributed by atoms with E-state index in [0.29, 0.717) is 31.1 Å². The zero-order valence-corrected chi connectivity index (χ0v) is 19.4. The van der Waals surface area contributed by atoms with Crippen LogP contribution in [0.1, 0.15) is 30.2 Å². The number of nitrogens with zero attached hydrogens (tertiary/aromatic N) is 2. The van der Waals surface area contributed by atoms with E-state index in [4.69, 9.17) is 9.72 Å². The van der Waals surface area contributed by atoms with Gasteiger partial charge < -0.3 is 15.0 Å². The zero-order valence-electron chi connectivity index (χ0n) is 18.6. The molecular formula is C25H27N3O3S. The summed E-state index contributed by atoms with van der Waals surface area (Å²) in [6.07, 6.45) is 1.16. The molecule has 1 fully saturated rings. The highest BCUT2D eigenvalue weighted by atomic mass is 32.1. The molecular weight excluding hydrogens is 422 g/mol. The van der Waals surface area contributed by atoms with E-state index in [1.54, 1.807) is 14.0 Å². The summed E-state index contributed by atoms with van der Waals surface area (Å²) in [5, 5.41) is 3.67. The van der Waals surface area contributed by atoms with E-state index in [0.717, 1.165) is 27.4 Å². The maximum Gasteiger partial charge on any atom is 0.236 e. The topological polar surface area (TPSA) is 71.5 Å². The molecule has 1 aliphatic rings. The number of benzene rings is 2. The van der Waals surface area contributed by atoms with Crippen LogP contribution in [0.5, 0.6) is 5.75 Å². The first-order chi connectivity index (χ1) is 15.4. The van der Waals surface area contributed by atoms with Gasteiger partial charge in [0.25, 0.3) is 0 Å². The van der Waals surface area contributed by atoms with Gasteiger partial charge in [-0.25, -0.2) is 4.98 Å². The fraction of sp³-hybridized carbons (Fsp3) is 0.320. The molecule has 1 aliphatic heterocycles. The highest BCUT2D eigenvalue weighted by molar-refractivity contribution is 7.16. The van der Waals surface area contributed by atoms with Gasteiger partial charge in [0.1, 0.15) is 5.75 Å². The monoisotopic (exact) mass is 449 g/mol. The predicted molar refractivity (Wildman–Crippen MR) is 127 cm³/mol. The number of hydrogen-bond acceptors (Lipinski definition) is 5. The summed E-state index contributed by atoms with van der Waals surface area (Å²) in [5.74, 6) is 0.769. The molecule has 4 rings (SSSR count). The number of thiazole rings is 1. The van der Waals surface area contributed by atoms with Crippen molar-refractivity contribution in [3.8, 4) is 17.0 Å². The molecule has 2 amide bonds. The van der Waals surface area contributed by atoms with Crippen LogP contribution in [0, 0.1) is 6.92 Å². The van der Waals surface area contributed by atoms with E-state index in [1.165, 1.54) is 11.3 Å². The third kappa shape index (κ3) is 4.25. The minimum Gasteiger partial charge on any atom is -0.497 e. The van der Waals surface area contributed by atoms with Crippen molar-refractivity contribution in [2.75, 3.05) is 25.5 Å². The van der Waals surface area contributed by atoms with Crippen LogP contribution in [0.4, 0.5) is 5.13 Å². The molecule has 166 valence electrons. The molecule has 2 heterocycles. The molecule has 0 atom stereocenters. The Bertz CT molecular complexity index is 1100. The van der Waals surface area contributed by atoms with Crippen molar-refractivity contribution in [1.29, 1.82) is 0 Å². The molecule has 0 aliphatic carbocycles. The maximum absolute atomic E-state index is 13.6. The fourth-order valence-corrected chi connectivity index (χ4v) is 5.12. The van der Waals surface area contributed by atoms with Gasteiger partial charge in [-0.1, -0.05) is 30.3 Å². The summed E-state index contributed by atoms with van der Waals surface area (Å²) < 4.78 is 5.24. The van der Waals surface area contributed by atoms with Gasteiger partial charge in [-0.15, -0.1) is 11.3 Å². The quantitative estimate of drug-likeness (QED) is 0.616. The predicted octanol–water partition coefficient (Wildman–Crippen LogP) is 4.65. The maximum atomic E-state index is 13.6. The Balaban J connectivity index is 1.60. The Morgan fingerprint density at radius 1 is 1.06 bits per heavy atom. The van der Waals surface area contributed by atoms with Gasteiger partial charge in [0, 0.05) is 30.5 Å². The molecule has 1 saturated heterocycles. The van der Waals surface area contributed by atoms with Crippen LogP contribution in [0.15, 0.2) is 54.6 Å². The van der Waals surface area contributed by atoms with Crippen molar-refractivity contribution in [2.45, 2.75) is 32.1 Å². The van der Waals surface area contributed by atoms with Crippen LogP contribution in [0.3, 0.4) is 0 Å². The number of rotatable bonds is 5. The normalized spacial score (nSPS) is 15.3. The lowest BCUT2D eigenvalue weighted by Crippen LogP contribution is -2.50. The number of methoxy groups -OCH3 is 1. The number of aromatic nitrogens is 1. The molecule has 1 N–H and O–H groups in total. The Labute approximate surface area is 192 Å². The number of likely N-dealkylation sites (tertiary alicyclic amines) is 1. The van der Waals surface area contributed by atoms with E-state index in [-0.39, 0.29) is 11.8 Å². The van der Waals surface area contributed by atoms with Gasteiger partial charge >= 0.3 is 0 Å². The van der Waals surface area contributed by atoms with E-state index in [9.17, 15) is 9.59 Å². The molecule has 0 radical (unpaired) electrons. The second-order valence-electron chi connectivity index (χ2n) is 8.06. The lowest BCUT2D eigenvalue weighted by Gasteiger charge is -2.40. The van der Waals surface area contributed by atoms with Crippen LogP contribution < -0.4 is 10.1 Å². The Morgan fingerprint density at radius 2 is 1.72 bits per heavy atom. The number of piperidine rings is 1. The number of carbonyl (C=O) groups is 2. The first-order valence-electron chi connectivity index (χ1n) is 10.7. The van der Waals surface area contributed by atoms with E-state index in [1.807, 2.05) is 66.4 Å². The van der Waals surface area contributed by atoms with Crippen molar-refractivity contribution in [2.24, 2.45) is 0 Å². The number of amides is 2. The zero-order chi connectivity index (χ0) is 22.7. The molecule has 0 spiro atoms. The van der Waals surface area contributed by atoms with Crippen molar-refractivity contribution in [3.63, 3.8) is 0 Å². The second kappa shape index (κ2) is 9.12. The van der Waals surface area contributed by atoms with E-state index in [2.05, 4.69) is 5.32 Å². The van der Waals surface area contributed by atoms with Crippen molar-refractivity contribution < 1.29 is 14.3 Å². The Morgan fingerprint density at radius 3 is 2.31 bits per heavy atom. The minimum absolute atomic E-state index is 0.0479. The molecule has 0 saturated carbocycles. The van der Waals surface area contributed by atoms with Crippen molar-refractivity contribution >= 4 is 28.3 Å².